The molecule has 0 saturated heterocycles. The normalized spacial score (nSPS) is 11.4. The van der Waals surface area contributed by atoms with Crippen LogP contribution < -0.4 is 0 Å². The van der Waals surface area contributed by atoms with Crippen LogP contribution in [-0.4, -0.2) is 24.5 Å². The van der Waals surface area contributed by atoms with Crippen molar-refractivity contribution in [1.82, 2.24) is 4.90 Å². The van der Waals surface area contributed by atoms with Crippen LogP contribution in [0.5, 0.6) is 0 Å². The molecule has 0 amide bonds. The molecule has 1 heteroatoms. The Morgan fingerprint density at radius 3 is 2.33 bits per heavy atom. The Morgan fingerprint density at radius 1 is 1.07 bits per heavy atom. The summed E-state index contributed by atoms with van der Waals surface area (Å²) in [5.74, 6) is 0. The summed E-state index contributed by atoms with van der Waals surface area (Å²) >= 11 is 0. The molecular weight excluding hydrogens is 182 g/mol. The molecule has 0 aliphatic heterocycles. The smallest absolute Gasteiger partial charge is 0.00158 e. The van der Waals surface area contributed by atoms with Crippen LogP contribution in [0.4, 0.5) is 0 Å². The molecule has 0 aliphatic rings. The van der Waals surface area contributed by atoms with E-state index in [1.54, 1.807) is 0 Å². The van der Waals surface area contributed by atoms with Gasteiger partial charge >= 0.3 is 0 Å². The molecule has 1 nitrogen and oxygen atoms in total. The Bertz CT molecular complexity index is 273. The number of hydrogen-bond donors (Lipinski definition) is 0. The predicted octanol–water partition coefficient (Wildman–Crippen LogP) is 3.43. The second-order valence-electron chi connectivity index (χ2n) is 3.63. The Balaban J connectivity index is 2.28. The van der Waals surface area contributed by atoms with Crippen LogP contribution in [-0.2, 0) is 0 Å². The van der Waals surface area contributed by atoms with Gasteiger partial charge in [-0.05, 0) is 25.1 Å². The lowest BCUT2D eigenvalue weighted by molar-refractivity contribution is 0.310. The topological polar surface area (TPSA) is 3.24 Å². The van der Waals surface area contributed by atoms with E-state index in [0.717, 1.165) is 26.1 Å². The summed E-state index contributed by atoms with van der Waals surface area (Å²) < 4.78 is 0. The average molecular weight is 203 g/mol. The van der Waals surface area contributed by atoms with E-state index in [-0.39, 0.29) is 0 Å². The third kappa shape index (κ3) is 4.80. The van der Waals surface area contributed by atoms with Gasteiger partial charge in [-0.1, -0.05) is 56.3 Å². The first-order chi connectivity index (χ1) is 7.36. The lowest BCUT2D eigenvalue weighted by Gasteiger charge is -2.16. The maximum atomic E-state index is 2.44. The van der Waals surface area contributed by atoms with E-state index in [2.05, 4.69) is 55.2 Å². The monoisotopic (exact) mass is 203 g/mol. The number of nitrogens with zero attached hydrogens (tertiary/aromatic N) is 1. The molecule has 0 unspecified atom stereocenters. The second-order valence-corrected chi connectivity index (χ2v) is 3.63. The quantitative estimate of drug-likeness (QED) is 0.684. The minimum atomic E-state index is 1.14. The van der Waals surface area contributed by atoms with Crippen LogP contribution in [0.3, 0.4) is 0 Å². The summed E-state index contributed by atoms with van der Waals surface area (Å²) in [5, 5.41) is 0. The van der Waals surface area contributed by atoms with Gasteiger partial charge in [-0.2, -0.15) is 0 Å². The highest BCUT2D eigenvalue weighted by molar-refractivity contribution is 5.48. The third-order valence-corrected chi connectivity index (χ3v) is 2.62. The Morgan fingerprint density at radius 2 is 1.73 bits per heavy atom. The number of hydrogen-bond acceptors (Lipinski definition) is 1. The predicted molar refractivity (Wildman–Crippen MR) is 67.9 cm³/mol. The van der Waals surface area contributed by atoms with Crippen LogP contribution in [0.25, 0.3) is 6.08 Å². The van der Waals surface area contributed by atoms with E-state index in [4.69, 9.17) is 0 Å². The minimum absolute atomic E-state index is 1.14. The molecule has 1 aromatic carbocycles. The van der Waals surface area contributed by atoms with Gasteiger partial charge in [-0.3, -0.25) is 0 Å². The maximum Gasteiger partial charge on any atom is 0.00158 e. The van der Waals surface area contributed by atoms with E-state index in [9.17, 15) is 0 Å². The Kier molecular flexibility index (Phi) is 5.79. The van der Waals surface area contributed by atoms with Crippen molar-refractivity contribution in [2.24, 2.45) is 0 Å². The zero-order valence-corrected chi connectivity index (χ0v) is 9.82. The van der Waals surface area contributed by atoms with E-state index in [1.807, 2.05) is 6.07 Å². The van der Waals surface area contributed by atoms with Crippen molar-refractivity contribution in [2.75, 3.05) is 19.6 Å². The summed E-state index contributed by atoms with van der Waals surface area (Å²) in [5.41, 5.74) is 1.29. The summed E-state index contributed by atoms with van der Waals surface area (Å²) in [6, 6.07) is 10.5. The summed E-state index contributed by atoms with van der Waals surface area (Å²) in [7, 11) is 0. The summed E-state index contributed by atoms with van der Waals surface area (Å²) in [6.07, 6.45) is 5.59. The first kappa shape index (κ1) is 12.0. The van der Waals surface area contributed by atoms with Crippen LogP contribution in [0.1, 0.15) is 25.8 Å². The summed E-state index contributed by atoms with van der Waals surface area (Å²) in [6.45, 7) is 7.89. The molecule has 0 aromatic heterocycles. The van der Waals surface area contributed by atoms with Gasteiger partial charge in [-0.15, -0.1) is 0 Å². The fraction of sp³-hybridized carbons (Fsp3) is 0.429. The molecule has 0 heterocycles. The van der Waals surface area contributed by atoms with Gasteiger partial charge in [0.15, 0.2) is 0 Å². The fourth-order valence-electron chi connectivity index (χ4n) is 1.58. The molecule has 0 spiro atoms. The van der Waals surface area contributed by atoms with Gasteiger partial charge in [0.25, 0.3) is 0 Å². The molecule has 0 aliphatic carbocycles. The van der Waals surface area contributed by atoms with Crippen LogP contribution >= 0.6 is 0 Å². The molecule has 0 saturated carbocycles. The van der Waals surface area contributed by atoms with E-state index >= 15 is 0 Å². The van der Waals surface area contributed by atoms with Crippen molar-refractivity contribution in [3.63, 3.8) is 0 Å². The van der Waals surface area contributed by atoms with Crippen LogP contribution in [0.15, 0.2) is 36.4 Å². The van der Waals surface area contributed by atoms with Crippen molar-refractivity contribution < 1.29 is 0 Å². The standard InChI is InChI=1S/C14H21N/c1-3-15(4-2)13-9-8-12-14-10-6-5-7-11-14/h5-8,10-12H,3-4,9,13H2,1-2H3. The molecule has 1 aromatic rings. The van der Waals surface area contributed by atoms with Gasteiger partial charge in [-0.25, -0.2) is 0 Å². The second kappa shape index (κ2) is 7.24. The molecule has 0 atom stereocenters. The van der Waals surface area contributed by atoms with Gasteiger partial charge in [0.2, 0.25) is 0 Å². The van der Waals surface area contributed by atoms with Crippen molar-refractivity contribution in [3.8, 4) is 0 Å². The molecule has 1 rings (SSSR count). The van der Waals surface area contributed by atoms with Crippen molar-refractivity contribution in [3.05, 3.63) is 42.0 Å². The molecule has 0 N–H and O–H groups in total. The highest BCUT2D eigenvalue weighted by atomic mass is 15.1. The van der Waals surface area contributed by atoms with E-state index < -0.39 is 0 Å². The third-order valence-electron chi connectivity index (χ3n) is 2.62. The maximum absolute atomic E-state index is 2.44. The lowest BCUT2D eigenvalue weighted by atomic mass is 10.2. The molecule has 0 fully saturated rings. The zero-order valence-electron chi connectivity index (χ0n) is 9.82. The van der Waals surface area contributed by atoms with Crippen LogP contribution in [0, 0.1) is 0 Å². The molecule has 0 bridgehead atoms. The highest BCUT2D eigenvalue weighted by Gasteiger charge is 1.94. The zero-order chi connectivity index (χ0) is 10.9. The average Bonchev–Trinajstić information content (AvgIpc) is 2.31. The van der Waals surface area contributed by atoms with Gasteiger partial charge in [0, 0.05) is 6.54 Å². The largest absolute Gasteiger partial charge is 0.304 e. The Hall–Kier alpha value is -1.08. The van der Waals surface area contributed by atoms with Crippen molar-refractivity contribution in [2.45, 2.75) is 20.3 Å². The van der Waals surface area contributed by atoms with Crippen LogP contribution in [0.2, 0.25) is 0 Å². The number of rotatable bonds is 6. The summed E-state index contributed by atoms with van der Waals surface area (Å²) in [4.78, 5) is 2.44. The fourth-order valence-corrected chi connectivity index (χ4v) is 1.58. The molecule has 82 valence electrons. The molecule has 15 heavy (non-hydrogen) atoms. The van der Waals surface area contributed by atoms with Gasteiger partial charge in [0.05, 0.1) is 0 Å². The lowest BCUT2D eigenvalue weighted by Crippen LogP contribution is -2.23. The highest BCUT2D eigenvalue weighted by Crippen LogP contribution is 2.02. The molecule has 0 radical (unpaired) electrons. The first-order valence-electron chi connectivity index (χ1n) is 5.80. The van der Waals surface area contributed by atoms with E-state index in [0.29, 0.717) is 0 Å². The Labute approximate surface area is 93.4 Å². The number of benzene rings is 1. The minimum Gasteiger partial charge on any atom is -0.304 e. The van der Waals surface area contributed by atoms with Crippen molar-refractivity contribution in [1.29, 1.82) is 0 Å². The SMILES string of the molecule is CCN(CC)CCC=Cc1ccccc1. The van der Waals surface area contributed by atoms with Gasteiger partial charge < -0.3 is 4.90 Å². The van der Waals surface area contributed by atoms with Crippen molar-refractivity contribution >= 4 is 6.08 Å². The molecular formula is C14H21N. The van der Waals surface area contributed by atoms with E-state index in [1.165, 1.54) is 5.56 Å². The van der Waals surface area contributed by atoms with Gasteiger partial charge in [0.1, 0.15) is 0 Å². The first-order valence-corrected chi connectivity index (χ1v) is 5.80.